The van der Waals surface area contributed by atoms with E-state index in [0.29, 0.717) is 18.0 Å². The fourth-order valence-corrected chi connectivity index (χ4v) is 4.11. The topological polar surface area (TPSA) is 73.9 Å². The summed E-state index contributed by atoms with van der Waals surface area (Å²) in [6, 6.07) is 13.7. The third kappa shape index (κ3) is 4.99. The van der Waals surface area contributed by atoms with Crippen molar-refractivity contribution in [2.75, 3.05) is 49.5 Å². The molecule has 2 aliphatic heterocycles. The molecular weight excluding hydrogens is 392 g/mol. The molecule has 2 N–H and O–H groups in total. The molecule has 0 unspecified atom stereocenters. The molecule has 7 nitrogen and oxygen atoms in total. The molecule has 0 aromatic heterocycles. The summed E-state index contributed by atoms with van der Waals surface area (Å²) < 4.78 is 5.69. The van der Waals surface area contributed by atoms with Crippen LogP contribution in [0.4, 0.5) is 11.4 Å². The molecule has 2 heterocycles. The van der Waals surface area contributed by atoms with Gasteiger partial charge in [0.05, 0.1) is 12.1 Å². The van der Waals surface area contributed by atoms with Crippen LogP contribution in [-0.2, 0) is 9.59 Å². The van der Waals surface area contributed by atoms with E-state index in [9.17, 15) is 9.59 Å². The van der Waals surface area contributed by atoms with Crippen molar-refractivity contribution in [3.8, 4) is 5.75 Å². The lowest BCUT2D eigenvalue weighted by atomic mass is 10.1. The number of carbonyl (C=O) groups excluding carboxylic acids is 2. The van der Waals surface area contributed by atoms with Crippen LogP contribution in [0.5, 0.6) is 5.75 Å². The van der Waals surface area contributed by atoms with Crippen LogP contribution in [0.25, 0.3) is 0 Å². The average molecular weight is 423 g/mol. The second-order valence-corrected chi connectivity index (χ2v) is 8.19. The quantitative estimate of drug-likeness (QED) is 0.748. The highest BCUT2D eigenvalue weighted by Gasteiger charge is 2.29. The highest BCUT2D eigenvalue weighted by atomic mass is 16.5. The van der Waals surface area contributed by atoms with Crippen LogP contribution < -0.4 is 20.3 Å². The third-order valence-corrected chi connectivity index (χ3v) is 6.12. The summed E-state index contributed by atoms with van der Waals surface area (Å²) in [4.78, 5) is 29.3. The van der Waals surface area contributed by atoms with E-state index in [-0.39, 0.29) is 18.2 Å². The first kappa shape index (κ1) is 21.2. The number of hydrogen-bond donors (Lipinski definition) is 2. The van der Waals surface area contributed by atoms with Gasteiger partial charge in [0.2, 0.25) is 5.91 Å². The summed E-state index contributed by atoms with van der Waals surface area (Å²) >= 11 is 0. The van der Waals surface area contributed by atoms with Gasteiger partial charge in [-0.1, -0.05) is 24.3 Å². The predicted octanol–water partition coefficient (Wildman–Crippen LogP) is 2.33. The predicted molar refractivity (Wildman–Crippen MR) is 122 cm³/mol. The number of hydrogen-bond acceptors (Lipinski definition) is 5. The second kappa shape index (κ2) is 9.39. The zero-order valence-corrected chi connectivity index (χ0v) is 18.2. The van der Waals surface area contributed by atoms with Crippen LogP contribution in [0.1, 0.15) is 17.5 Å². The maximum Gasteiger partial charge on any atom is 0.266 e. The molecule has 4 rings (SSSR count). The molecule has 2 aliphatic rings. The van der Waals surface area contributed by atoms with E-state index in [4.69, 9.17) is 4.74 Å². The highest BCUT2D eigenvalue weighted by molar-refractivity contribution is 5.99. The van der Waals surface area contributed by atoms with Crippen LogP contribution >= 0.6 is 0 Å². The summed E-state index contributed by atoms with van der Waals surface area (Å²) in [5.41, 5.74) is 4.63. The van der Waals surface area contributed by atoms with Crippen molar-refractivity contribution >= 4 is 23.2 Å². The first-order valence-corrected chi connectivity index (χ1v) is 10.9. The first-order valence-electron chi connectivity index (χ1n) is 10.9. The number of benzene rings is 2. The normalized spacial score (nSPS) is 18.7. The van der Waals surface area contributed by atoms with Crippen LogP contribution in [0.2, 0.25) is 0 Å². The fourth-order valence-electron chi connectivity index (χ4n) is 4.11. The van der Waals surface area contributed by atoms with Crippen molar-refractivity contribution in [2.24, 2.45) is 0 Å². The van der Waals surface area contributed by atoms with E-state index in [1.54, 1.807) is 12.1 Å². The van der Waals surface area contributed by atoms with Gasteiger partial charge in [-0.05, 0) is 43.2 Å². The van der Waals surface area contributed by atoms with Crippen LogP contribution in [0, 0.1) is 13.8 Å². The van der Waals surface area contributed by atoms with Gasteiger partial charge in [-0.3, -0.25) is 14.5 Å². The Bertz CT molecular complexity index is 954. The number of piperazine rings is 1. The van der Waals surface area contributed by atoms with Gasteiger partial charge < -0.3 is 20.3 Å². The van der Waals surface area contributed by atoms with Crippen LogP contribution in [0.3, 0.4) is 0 Å². The summed E-state index contributed by atoms with van der Waals surface area (Å²) in [7, 11) is 0. The van der Waals surface area contributed by atoms with Gasteiger partial charge in [-0.25, -0.2) is 0 Å². The van der Waals surface area contributed by atoms with Gasteiger partial charge in [0, 0.05) is 45.0 Å². The van der Waals surface area contributed by atoms with E-state index in [1.165, 1.54) is 16.8 Å². The molecule has 2 aromatic rings. The minimum atomic E-state index is -0.795. The molecule has 0 aliphatic carbocycles. The lowest BCUT2D eigenvalue weighted by Crippen LogP contribution is -2.49. The SMILES string of the molecule is Cc1cccc(N2CCN(CCNC(=O)C[C@H]3Oc4ccccc4NC3=O)CC2)c1C. The zero-order valence-electron chi connectivity index (χ0n) is 18.2. The Morgan fingerprint density at radius 3 is 2.68 bits per heavy atom. The summed E-state index contributed by atoms with van der Waals surface area (Å²) in [6.45, 7) is 9.59. The van der Waals surface area contributed by atoms with Gasteiger partial charge in [-0.2, -0.15) is 0 Å². The minimum Gasteiger partial charge on any atom is -0.478 e. The standard InChI is InChI=1S/C24H30N4O3/c1-17-6-5-8-20(18(17)2)28-14-12-27(13-15-28)11-10-25-23(29)16-22-24(30)26-19-7-3-4-9-21(19)31-22/h3-9,22H,10-16H2,1-2H3,(H,25,29)(H,26,30)/t22-/m1/s1. The summed E-state index contributed by atoms with van der Waals surface area (Å²) in [6.07, 6.45) is -0.781. The Morgan fingerprint density at radius 1 is 1.10 bits per heavy atom. The number of carbonyl (C=O) groups is 2. The van der Waals surface area contributed by atoms with Gasteiger partial charge in [0.15, 0.2) is 6.10 Å². The number of anilines is 2. The molecule has 0 saturated carbocycles. The first-order chi connectivity index (χ1) is 15.0. The molecule has 1 fully saturated rings. The Balaban J connectivity index is 1.19. The molecule has 31 heavy (non-hydrogen) atoms. The van der Waals surface area contributed by atoms with Gasteiger partial charge in [0.25, 0.3) is 5.91 Å². The van der Waals surface area contributed by atoms with E-state index < -0.39 is 6.10 Å². The van der Waals surface area contributed by atoms with Gasteiger partial charge >= 0.3 is 0 Å². The molecule has 0 spiro atoms. The molecule has 1 atom stereocenters. The zero-order chi connectivity index (χ0) is 21.8. The van der Waals surface area contributed by atoms with Gasteiger partial charge in [0.1, 0.15) is 5.75 Å². The number of amides is 2. The molecule has 164 valence electrons. The van der Waals surface area contributed by atoms with Crippen molar-refractivity contribution in [1.29, 1.82) is 0 Å². The number of nitrogens with zero attached hydrogens (tertiary/aromatic N) is 2. The van der Waals surface area contributed by atoms with E-state index in [2.05, 4.69) is 52.5 Å². The van der Waals surface area contributed by atoms with Gasteiger partial charge in [-0.15, -0.1) is 0 Å². The monoisotopic (exact) mass is 422 g/mol. The third-order valence-electron chi connectivity index (χ3n) is 6.12. The molecule has 2 aromatic carbocycles. The minimum absolute atomic E-state index is 0.0145. The Labute approximate surface area is 183 Å². The lowest BCUT2D eigenvalue weighted by molar-refractivity contribution is -0.130. The highest BCUT2D eigenvalue weighted by Crippen LogP contribution is 2.29. The number of para-hydroxylation sites is 2. The summed E-state index contributed by atoms with van der Waals surface area (Å²) in [5.74, 6) is 0.145. The van der Waals surface area contributed by atoms with Crippen molar-refractivity contribution in [1.82, 2.24) is 10.2 Å². The number of fused-ring (bicyclic) bond motifs is 1. The van der Waals surface area contributed by atoms with Crippen molar-refractivity contribution in [2.45, 2.75) is 26.4 Å². The average Bonchev–Trinajstić information content (AvgIpc) is 2.77. The number of ether oxygens (including phenoxy) is 1. The Morgan fingerprint density at radius 2 is 1.87 bits per heavy atom. The molecule has 1 saturated heterocycles. The van der Waals surface area contributed by atoms with E-state index >= 15 is 0 Å². The molecule has 0 bridgehead atoms. The second-order valence-electron chi connectivity index (χ2n) is 8.19. The molecular formula is C24H30N4O3. The fraction of sp³-hybridized carbons (Fsp3) is 0.417. The largest absolute Gasteiger partial charge is 0.478 e. The Hall–Kier alpha value is -3.06. The van der Waals surface area contributed by atoms with Crippen molar-refractivity contribution in [3.05, 3.63) is 53.6 Å². The molecule has 2 amide bonds. The van der Waals surface area contributed by atoms with Crippen LogP contribution in [0.15, 0.2) is 42.5 Å². The summed E-state index contributed by atoms with van der Waals surface area (Å²) in [5, 5.41) is 5.72. The van der Waals surface area contributed by atoms with Crippen LogP contribution in [-0.4, -0.2) is 62.1 Å². The Kier molecular flexibility index (Phi) is 6.42. The maximum absolute atomic E-state index is 12.3. The molecule has 0 radical (unpaired) electrons. The van der Waals surface area contributed by atoms with E-state index in [1.807, 2.05) is 12.1 Å². The molecule has 7 heteroatoms. The number of rotatable bonds is 6. The number of nitrogens with one attached hydrogen (secondary N) is 2. The van der Waals surface area contributed by atoms with E-state index in [0.717, 1.165) is 32.7 Å². The lowest BCUT2D eigenvalue weighted by Gasteiger charge is -2.37. The number of aryl methyl sites for hydroxylation is 1. The van der Waals surface area contributed by atoms with Crippen molar-refractivity contribution in [3.63, 3.8) is 0 Å². The van der Waals surface area contributed by atoms with Crippen molar-refractivity contribution < 1.29 is 14.3 Å². The smallest absolute Gasteiger partial charge is 0.266 e. The maximum atomic E-state index is 12.3.